The second-order valence-electron chi connectivity index (χ2n) is 11.1. The maximum absolute atomic E-state index is 13.1. The fourth-order valence-corrected chi connectivity index (χ4v) is 4.55. The van der Waals surface area contributed by atoms with Gasteiger partial charge in [0.25, 0.3) is 11.8 Å². The van der Waals surface area contributed by atoms with Gasteiger partial charge in [-0.2, -0.15) is 0 Å². The third kappa shape index (κ3) is 6.14. The van der Waals surface area contributed by atoms with Gasteiger partial charge in [-0.25, -0.2) is 9.97 Å². The molecule has 0 bridgehead atoms. The highest BCUT2D eigenvalue weighted by Gasteiger charge is 2.31. The van der Waals surface area contributed by atoms with E-state index in [0.717, 1.165) is 25.1 Å². The van der Waals surface area contributed by atoms with Crippen LogP contribution in [0.5, 0.6) is 0 Å². The van der Waals surface area contributed by atoms with Gasteiger partial charge in [0.1, 0.15) is 0 Å². The fraction of sp³-hybridized carbons (Fsp3) is 0.379. The van der Waals surface area contributed by atoms with Gasteiger partial charge in [-0.3, -0.25) is 14.5 Å². The van der Waals surface area contributed by atoms with E-state index in [9.17, 15) is 9.59 Å². The molecule has 0 radical (unpaired) electrons. The summed E-state index contributed by atoms with van der Waals surface area (Å²) >= 11 is 0. The van der Waals surface area contributed by atoms with Crippen molar-refractivity contribution >= 4 is 17.6 Å². The van der Waals surface area contributed by atoms with Gasteiger partial charge in [0.2, 0.25) is 0 Å². The van der Waals surface area contributed by atoms with E-state index in [0.29, 0.717) is 16.8 Å². The van der Waals surface area contributed by atoms with Crippen molar-refractivity contribution in [3.8, 4) is 11.3 Å². The van der Waals surface area contributed by atoms with Gasteiger partial charge in [0, 0.05) is 35.8 Å². The third-order valence-corrected chi connectivity index (χ3v) is 6.83. The van der Waals surface area contributed by atoms with Gasteiger partial charge in [0.05, 0.1) is 17.4 Å². The Labute approximate surface area is 218 Å². The second kappa shape index (κ2) is 10.3. The molecule has 2 amide bonds. The van der Waals surface area contributed by atoms with Crippen molar-refractivity contribution in [3.05, 3.63) is 77.6 Å². The van der Waals surface area contributed by atoms with E-state index in [1.807, 2.05) is 50.2 Å². The molecule has 1 fully saturated rings. The number of carbonyl (C=O) groups excluding carboxylic acids is 2. The van der Waals surface area contributed by atoms with Crippen molar-refractivity contribution in [2.24, 2.45) is 0 Å². The summed E-state index contributed by atoms with van der Waals surface area (Å²) in [6, 6.07) is 17.0. The van der Waals surface area contributed by atoms with Crippen molar-refractivity contribution in [2.75, 3.05) is 18.8 Å². The first-order valence-electron chi connectivity index (χ1n) is 12.6. The topological polar surface area (TPSA) is 113 Å². The molecule has 0 aliphatic carbocycles. The highest BCUT2D eigenvalue weighted by atomic mass is 16.2. The molecule has 4 rings (SSSR count). The van der Waals surface area contributed by atoms with Crippen LogP contribution >= 0.6 is 0 Å². The van der Waals surface area contributed by atoms with Crippen molar-refractivity contribution in [1.82, 2.24) is 25.5 Å². The molecule has 0 saturated carbocycles. The highest BCUT2D eigenvalue weighted by Crippen LogP contribution is 2.24. The van der Waals surface area contributed by atoms with Gasteiger partial charge in [-0.15, -0.1) is 0 Å². The molecule has 37 heavy (non-hydrogen) atoms. The summed E-state index contributed by atoms with van der Waals surface area (Å²) in [6.45, 7) is 12.1. The SMILES string of the molecule is CC(C)(NC(=O)c1cccc(-c2cnc(N)c(C(=O)N[C@H]3CCN(C(C)(C)C)C3)n2)c1)c1ccccc1. The predicted octanol–water partition coefficient (Wildman–Crippen LogP) is 3.99. The Morgan fingerprint density at radius 1 is 1.00 bits per heavy atom. The lowest BCUT2D eigenvalue weighted by molar-refractivity contribution is 0.0908. The van der Waals surface area contributed by atoms with Gasteiger partial charge < -0.3 is 16.4 Å². The molecule has 1 aliphatic rings. The molecule has 3 aromatic rings. The molecule has 1 aliphatic heterocycles. The molecule has 8 heteroatoms. The van der Waals surface area contributed by atoms with Crippen LogP contribution in [0.2, 0.25) is 0 Å². The summed E-state index contributed by atoms with van der Waals surface area (Å²) in [5.41, 5.74) is 8.25. The average Bonchev–Trinajstić information content (AvgIpc) is 3.34. The van der Waals surface area contributed by atoms with Crippen LogP contribution in [-0.2, 0) is 5.54 Å². The molecule has 2 heterocycles. The Kier molecular flexibility index (Phi) is 7.32. The van der Waals surface area contributed by atoms with Crippen LogP contribution in [0.1, 0.15) is 67.4 Å². The minimum atomic E-state index is -0.552. The van der Waals surface area contributed by atoms with Crippen molar-refractivity contribution in [2.45, 2.75) is 58.2 Å². The second-order valence-corrected chi connectivity index (χ2v) is 11.1. The first-order valence-corrected chi connectivity index (χ1v) is 12.6. The van der Waals surface area contributed by atoms with Crippen LogP contribution in [-0.4, -0.2) is 51.4 Å². The normalized spacial score (nSPS) is 16.4. The standard InChI is InChI=1S/C29H36N6O2/c1-28(2,3)35-15-14-22(18-35)32-27(37)24-25(30)31-17-23(33-24)19-10-9-11-20(16-19)26(36)34-29(4,5)21-12-7-6-8-13-21/h6-13,16-17,22H,14-15,18H2,1-5H3,(H2,30,31)(H,32,37)(H,34,36)/t22-/m0/s1. The molecule has 0 spiro atoms. The van der Waals surface area contributed by atoms with Crippen molar-refractivity contribution < 1.29 is 9.59 Å². The number of carbonyl (C=O) groups is 2. The van der Waals surface area contributed by atoms with Gasteiger partial charge in [0.15, 0.2) is 11.5 Å². The fourth-order valence-electron chi connectivity index (χ4n) is 4.55. The van der Waals surface area contributed by atoms with Crippen LogP contribution in [0.25, 0.3) is 11.3 Å². The van der Waals surface area contributed by atoms with Crippen molar-refractivity contribution in [3.63, 3.8) is 0 Å². The Bertz CT molecular complexity index is 1280. The van der Waals surface area contributed by atoms with E-state index >= 15 is 0 Å². The summed E-state index contributed by atoms with van der Waals surface area (Å²) in [5, 5.41) is 6.16. The Balaban J connectivity index is 1.50. The number of likely N-dealkylation sites (tertiary alicyclic amines) is 1. The average molecular weight is 501 g/mol. The lowest BCUT2D eigenvalue weighted by Gasteiger charge is -2.31. The first-order chi connectivity index (χ1) is 17.4. The van der Waals surface area contributed by atoms with E-state index in [2.05, 4.69) is 46.3 Å². The maximum Gasteiger partial charge on any atom is 0.274 e. The van der Waals surface area contributed by atoms with Crippen molar-refractivity contribution in [1.29, 1.82) is 0 Å². The van der Waals surface area contributed by atoms with Crippen LogP contribution in [0, 0.1) is 0 Å². The number of aromatic nitrogens is 2. The molecule has 4 N–H and O–H groups in total. The molecule has 1 atom stereocenters. The van der Waals surface area contributed by atoms with E-state index < -0.39 is 5.54 Å². The molecule has 0 unspecified atom stereocenters. The van der Waals surface area contributed by atoms with Crippen LogP contribution < -0.4 is 16.4 Å². The number of nitrogen functional groups attached to an aromatic ring is 1. The number of anilines is 1. The number of nitrogens with two attached hydrogens (primary N) is 1. The summed E-state index contributed by atoms with van der Waals surface area (Å²) < 4.78 is 0. The largest absolute Gasteiger partial charge is 0.382 e. The zero-order valence-electron chi connectivity index (χ0n) is 22.2. The quantitative estimate of drug-likeness (QED) is 0.472. The molecule has 2 aromatic carbocycles. The van der Waals surface area contributed by atoms with E-state index in [4.69, 9.17) is 5.73 Å². The number of hydrogen-bond acceptors (Lipinski definition) is 6. The molecule has 1 aromatic heterocycles. The maximum atomic E-state index is 13.1. The summed E-state index contributed by atoms with van der Waals surface area (Å²) in [6.07, 6.45) is 2.39. The van der Waals surface area contributed by atoms with Gasteiger partial charge >= 0.3 is 0 Å². The minimum absolute atomic E-state index is 0.0246. The number of rotatable bonds is 6. The van der Waals surface area contributed by atoms with E-state index in [1.54, 1.807) is 18.2 Å². The lowest BCUT2D eigenvalue weighted by Crippen LogP contribution is -2.43. The predicted molar refractivity (Wildman–Crippen MR) is 146 cm³/mol. The van der Waals surface area contributed by atoms with E-state index in [-0.39, 0.29) is 34.9 Å². The van der Waals surface area contributed by atoms with Crippen LogP contribution in [0.3, 0.4) is 0 Å². The van der Waals surface area contributed by atoms with Crippen LogP contribution in [0.4, 0.5) is 5.82 Å². The Morgan fingerprint density at radius 2 is 1.73 bits per heavy atom. The zero-order valence-corrected chi connectivity index (χ0v) is 22.2. The van der Waals surface area contributed by atoms with Crippen LogP contribution in [0.15, 0.2) is 60.8 Å². The molecule has 194 valence electrons. The molecule has 8 nitrogen and oxygen atoms in total. The van der Waals surface area contributed by atoms with Gasteiger partial charge in [-0.1, -0.05) is 42.5 Å². The smallest absolute Gasteiger partial charge is 0.274 e. The summed E-state index contributed by atoms with van der Waals surface area (Å²) in [7, 11) is 0. The number of benzene rings is 2. The third-order valence-electron chi connectivity index (χ3n) is 6.83. The first kappa shape index (κ1) is 26.3. The number of hydrogen-bond donors (Lipinski definition) is 3. The van der Waals surface area contributed by atoms with E-state index in [1.165, 1.54) is 6.20 Å². The van der Waals surface area contributed by atoms with Gasteiger partial charge in [-0.05, 0) is 58.7 Å². The summed E-state index contributed by atoms with van der Waals surface area (Å²) in [5.74, 6) is -0.474. The monoisotopic (exact) mass is 500 g/mol. The molecular formula is C29H36N6O2. The molecular weight excluding hydrogens is 464 g/mol. The lowest BCUT2D eigenvalue weighted by atomic mass is 9.94. The highest BCUT2D eigenvalue weighted by molar-refractivity contribution is 5.98. The number of nitrogens with one attached hydrogen (secondary N) is 2. The Hall–Kier alpha value is -3.78. The zero-order chi connectivity index (χ0) is 26.8. The number of nitrogens with zero attached hydrogens (tertiary/aromatic N) is 3. The molecule has 1 saturated heterocycles. The Morgan fingerprint density at radius 3 is 2.41 bits per heavy atom. The number of amides is 2. The summed E-state index contributed by atoms with van der Waals surface area (Å²) in [4.78, 5) is 37.3. The minimum Gasteiger partial charge on any atom is -0.382 e.